The molecule has 0 saturated heterocycles. The van der Waals surface area contributed by atoms with Crippen molar-refractivity contribution in [1.29, 1.82) is 0 Å². The minimum atomic E-state index is -0.162. The van der Waals surface area contributed by atoms with E-state index in [1.165, 1.54) is 0 Å². The molecule has 0 aromatic carbocycles. The largest absolute Gasteiger partial charge is 0.323 e. The van der Waals surface area contributed by atoms with E-state index in [2.05, 4.69) is 10.3 Å². The van der Waals surface area contributed by atoms with Gasteiger partial charge in [-0.3, -0.25) is 4.79 Å². The van der Waals surface area contributed by atoms with Crippen molar-refractivity contribution in [3.8, 4) is 0 Å². The monoisotopic (exact) mass is 218 g/mol. The number of anilines is 1. The van der Waals surface area contributed by atoms with Gasteiger partial charge in [0.05, 0.1) is 5.69 Å². The third-order valence-corrected chi connectivity index (χ3v) is 1.84. The zero-order chi connectivity index (χ0) is 9.68. The Morgan fingerprint density at radius 1 is 1.62 bits per heavy atom. The third-order valence-electron chi connectivity index (χ3n) is 1.35. The maximum atomic E-state index is 11.1. The van der Waals surface area contributed by atoms with Gasteiger partial charge in [-0.25, -0.2) is 4.98 Å². The molecule has 1 aromatic heterocycles. The highest BCUT2D eigenvalue weighted by Gasteiger charge is 2.04. The number of carbonyl (C=O) groups excluding carboxylic acids is 1. The van der Waals surface area contributed by atoms with Crippen LogP contribution in [0.2, 0.25) is 5.15 Å². The van der Waals surface area contributed by atoms with Gasteiger partial charge >= 0.3 is 0 Å². The number of nitrogens with one attached hydrogen (secondary N) is 1. The highest BCUT2D eigenvalue weighted by atomic mass is 35.5. The summed E-state index contributed by atoms with van der Waals surface area (Å²) in [5.41, 5.74) is 0.513. The van der Waals surface area contributed by atoms with Crippen LogP contribution in [-0.4, -0.2) is 16.8 Å². The van der Waals surface area contributed by atoms with Crippen molar-refractivity contribution in [1.82, 2.24) is 4.98 Å². The van der Waals surface area contributed by atoms with E-state index in [0.29, 0.717) is 11.6 Å². The van der Waals surface area contributed by atoms with E-state index in [0.717, 1.165) is 0 Å². The Kier molecular flexibility index (Phi) is 3.99. The molecule has 3 nitrogen and oxygen atoms in total. The van der Waals surface area contributed by atoms with Gasteiger partial charge in [0.1, 0.15) is 0 Å². The van der Waals surface area contributed by atoms with E-state index in [1.807, 2.05) is 0 Å². The van der Waals surface area contributed by atoms with Gasteiger partial charge in [0.25, 0.3) is 0 Å². The number of rotatable bonds is 3. The summed E-state index contributed by atoms with van der Waals surface area (Å²) in [5, 5.41) is 2.88. The first kappa shape index (κ1) is 10.3. The second-order valence-electron chi connectivity index (χ2n) is 2.33. The van der Waals surface area contributed by atoms with E-state index in [9.17, 15) is 4.79 Å². The lowest BCUT2D eigenvalue weighted by molar-refractivity contribution is -0.115. The molecule has 0 saturated carbocycles. The first-order chi connectivity index (χ1) is 6.24. The van der Waals surface area contributed by atoms with Crippen LogP contribution < -0.4 is 5.32 Å². The summed E-state index contributed by atoms with van der Waals surface area (Å²) < 4.78 is 0. The Balaban J connectivity index is 2.63. The van der Waals surface area contributed by atoms with Gasteiger partial charge in [0.15, 0.2) is 5.15 Å². The van der Waals surface area contributed by atoms with Crippen molar-refractivity contribution >= 4 is 34.8 Å². The van der Waals surface area contributed by atoms with Crippen LogP contribution in [0.3, 0.4) is 0 Å². The van der Waals surface area contributed by atoms with Crippen LogP contribution in [0.1, 0.15) is 6.42 Å². The number of halogens is 2. The number of nitrogens with zero attached hydrogens (tertiary/aromatic N) is 1. The van der Waals surface area contributed by atoms with E-state index < -0.39 is 0 Å². The summed E-state index contributed by atoms with van der Waals surface area (Å²) in [6.45, 7) is 0. The van der Waals surface area contributed by atoms with Crippen LogP contribution in [-0.2, 0) is 4.79 Å². The Bertz CT molecular complexity index is 304. The molecular weight excluding hydrogens is 211 g/mol. The summed E-state index contributed by atoms with van der Waals surface area (Å²) in [6, 6.07) is 3.38. The van der Waals surface area contributed by atoms with Gasteiger partial charge in [-0.05, 0) is 12.1 Å². The number of aromatic nitrogens is 1. The Hall–Kier alpha value is -0.800. The topological polar surface area (TPSA) is 42.0 Å². The molecule has 0 unspecified atom stereocenters. The summed E-state index contributed by atoms with van der Waals surface area (Å²) in [7, 11) is 0. The van der Waals surface area contributed by atoms with Crippen LogP contribution in [0.5, 0.6) is 0 Å². The average Bonchev–Trinajstić information content (AvgIpc) is 2.09. The zero-order valence-corrected chi connectivity index (χ0v) is 8.27. The summed E-state index contributed by atoms with van der Waals surface area (Å²) in [4.78, 5) is 14.9. The Morgan fingerprint density at radius 3 is 3.00 bits per heavy atom. The molecule has 1 heterocycles. The molecule has 5 heteroatoms. The van der Waals surface area contributed by atoms with Crippen LogP contribution >= 0.6 is 23.2 Å². The molecule has 0 radical (unpaired) electrons. The Labute approximate surface area is 86.1 Å². The van der Waals surface area contributed by atoms with E-state index in [4.69, 9.17) is 23.2 Å². The van der Waals surface area contributed by atoms with E-state index in [-0.39, 0.29) is 17.5 Å². The molecule has 70 valence electrons. The number of hydrogen-bond acceptors (Lipinski definition) is 2. The molecule has 13 heavy (non-hydrogen) atoms. The summed E-state index contributed by atoms with van der Waals surface area (Å²) >= 11 is 11.1. The van der Waals surface area contributed by atoms with Crippen molar-refractivity contribution in [2.24, 2.45) is 0 Å². The molecule has 0 aliphatic carbocycles. The summed E-state index contributed by atoms with van der Waals surface area (Å²) in [5.74, 6) is 0.133. The minimum Gasteiger partial charge on any atom is -0.323 e. The molecule has 1 amide bonds. The zero-order valence-electron chi connectivity index (χ0n) is 6.76. The van der Waals surface area contributed by atoms with Crippen molar-refractivity contribution in [2.75, 3.05) is 11.2 Å². The molecule has 0 atom stereocenters. The molecule has 0 aliphatic heterocycles. The molecule has 1 rings (SSSR count). The van der Waals surface area contributed by atoms with E-state index >= 15 is 0 Å². The fourth-order valence-electron chi connectivity index (χ4n) is 0.778. The maximum absolute atomic E-state index is 11.1. The van der Waals surface area contributed by atoms with Crippen LogP contribution in [0, 0.1) is 0 Å². The molecule has 1 N–H and O–H groups in total. The number of pyridine rings is 1. The lowest BCUT2D eigenvalue weighted by Gasteiger charge is -2.04. The second-order valence-corrected chi connectivity index (χ2v) is 3.06. The van der Waals surface area contributed by atoms with Gasteiger partial charge in [0.2, 0.25) is 5.91 Å². The number of alkyl halides is 1. The first-order valence-electron chi connectivity index (χ1n) is 3.70. The SMILES string of the molecule is O=C(CCCl)Nc1cccnc1Cl. The van der Waals surface area contributed by atoms with Gasteiger partial charge in [-0.15, -0.1) is 11.6 Å². The van der Waals surface area contributed by atoms with Gasteiger partial charge in [-0.1, -0.05) is 11.6 Å². The average molecular weight is 219 g/mol. The van der Waals surface area contributed by atoms with Crippen LogP contribution in [0.4, 0.5) is 5.69 Å². The van der Waals surface area contributed by atoms with Crippen molar-refractivity contribution in [3.63, 3.8) is 0 Å². The van der Waals surface area contributed by atoms with Crippen molar-refractivity contribution < 1.29 is 4.79 Å². The lowest BCUT2D eigenvalue weighted by atomic mass is 10.4. The predicted molar refractivity (Wildman–Crippen MR) is 53.2 cm³/mol. The van der Waals surface area contributed by atoms with Crippen LogP contribution in [0.25, 0.3) is 0 Å². The first-order valence-corrected chi connectivity index (χ1v) is 4.61. The van der Waals surface area contributed by atoms with Gasteiger partial charge < -0.3 is 5.32 Å². The van der Waals surface area contributed by atoms with Crippen molar-refractivity contribution in [2.45, 2.75) is 6.42 Å². The minimum absolute atomic E-state index is 0.162. The van der Waals surface area contributed by atoms with Crippen LogP contribution in [0.15, 0.2) is 18.3 Å². The molecule has 1 aromatic rings. The molecule has 0 fully saturated rings. The van der Waals surface area contributed by atoms with Gasteiger partial charge in [-0.2, -0.15) is 0 Å². The normalized spacial score (nSPS) is 9.69. The lowest BCUT2D eigenvalue weighted by Crippen LogP contribution is -2.12. The quantitative estimate of drug-likeness (QED) is 0.626. The summed E-state index contributed by atoms with van der Waals surface area (Å²) in [6.07, 6.45) is 1.83. The molecule has 0 bridgehead atoms. The fraction of sp³-hybridized carbons (Fsp3) is 0.250. The maximum Gasteiger partial charge on any atom is 0.225 e. The highest BCUT2D eigenvalue weighted by molar-refractivity contribution is 6.32. The molecule has 0 aliphatic rings. The Morgan fingerprint density at radius 2 is 2.38 bits per heavy atom. The van der Waals surface area contributed by atoms with Crippen molar-refractivity contribution in [3.05, 3.63) is 23.5 Å². The standard InChI is InChI=1S/C8H8Cl2N2O/c9-4-3-7(13)12-6-2-1-5-11-8(6)10/h1-2,5H,3-4H2,(H,12,13). The number of amides is 1. The highest BCUT2D eigenvalue weighted by Crippen LogP contribution is 2.17. The molecular formula is C8H8Cl2N2O. The number of carbonyl (C=O) groups is 1. The second kappa shape index (κ2) is 5.04. The molecule has 0 spiro atoms. The predicted octanol–water partition coefficient (Wildman–Crippen LogP) is 2.30. The number of hydrogen-bond donors (Lipinski definition) is 1. The fourth-order valence-corrected chi connectivity index (χ4v) is 1.12. The third kappa shape index (κ3) is 3.20. The smallest absolute Gasteiger partial charge is 0.225 e. The van der Waals surface area contributed by atoms with E-state index in [1.54, 1.807) is 18.3 Å². The van der Waals surface area contributed by atoms with Gasteiger partial charge in [0, 0.05) is 18.5 Å².